The number of aromatic nitrogens is 1. The highest BCUT2D eigenvalue weighted by molar-refractivity contribution is 7.92. The van der Waals surface area contributed by atoms with Gasteiger partial charge in [-0.15, -0.1) is 0 Å². The van der Waals surface area contributed by atoms with E-state index in [2.05, 4.69) is 15.6 Å². The minimum atomic E-state index is -3.55. The van der Waals surface area contributed by atoms with Crippen LogP contribution < -0.4 is 10.6 Å². The van der Waals surface area contributed by atoms with Crippen LogP contribution in [-0.2, 0) is 14.6 Å². The number of fused-ring (bicyclic) bond motifs is 1. The zero-order valence-electron chi connectivity index (χ0n) is 16.9. The largest absolute Gasteiger partial charge is 0.434 e. The van der Waals surface area contributed by atoms with Gasteiger partial charge in [0.1, 0.15) is 5.52 Å². The lowest BCUT2D eigenvalue weighted by atomic mass is 10.1. The van der Waals surface area contributed by atoms with Gasteiger partial charge in [-0.3, -0.25) is 9.59 Å². The number of Topliss-reactive ketones (excluding diaryl/α,β-unsaturated/α-hetero) is 1. The van der Waals surface area contributed by atoms with E-state index in [0.29, 0.717) is 17.5 Å². The van der Waals surface area contributed by atoms with Gasteiger partial charge in [0, 0.05) is 6.54 Å². The molecule has 0 spiro atoms. The van der Waals surface area contributed by atoms with E-state index in [4.69, 9.17) is 4.42 Å². The minimum Gasteiger partial charge on any atom is -0.434 e. The Kier molecular flexibility index (Phi) is 5.88. The summed E-state index contributed by atoms with van der Waals surface area (Å²) in [5.41, 5.74) is 1.07. The molecule has 2 heterocycles. The molecule has 3 atom stereocenters. The first-order valence-corrected chi connectivity index (χ1v) is 11.7. The van der Waals surface area contributed by atoms with Crippen molar-refractivity contribution in [1.82, 2.24) is 15.6 Å². The van der Waals surface area contributed by atoms with Gasteiger partial charge in [-0.1, -0.05) is 37.3 Å². The van der Waals surface area contributed by atoms with Crippen molar-refractivity contribution in [2.75, 3.05) is 6.54 Å². The third-order valence-electron chi connectivity index (χ3n) is 5.46. The maximum Gasteiger partial charge on any atom is 0.266 e. The van der Waals surface area contributed by atoms with E-state index >= 15 is 0 Å². The molecule has 0 bridgehead atoms. The molecule has 3 aromatic rings. The number of carbonyl (C=O) groups excluding carboxylic acids is 2. The number of hydrogen-bond donors (Lipinski definition) is 2. The van der Waals surface area contributed by atoms with E-state index in [9.17, 15) is 18.0 Å². The normalized spacial score (nSPS) is 19.9. The molecule has 1 aliphatic rings. The monoisotopic (exact) mass is 441 g/mol. The SMILES string of the molecule is CCC(NC(=O)[C@@H]1C[C@@H](S(=O)(=O)c2ccccc2)CN1)C(=O)c1nc2ccccc2o1. The van der Waals surface area contributed by atoms with Crippen molar-refractivity contribution in [3.8, 4) is 0 Å². The number of ketones is 1. The Balaban J connectivity index is 1.43. The number of benzene rings is 2. The molecule has 1 unspecified atom stereocenters. The first-order valence-electron chi connectivity index (χ1n) is 10.1. The minimum absolute atomic E-state index is 0.0581. The number of amides is 1. The van der Waals surface area contributed by atoms with Crippen molar-refractivity contribution in [3.05, 3.63) is 60.5 Å². The molecular weight excluding hydrogens is 418 g/mol. The number of para-hydroxylation sites is 2. The van der Waals surface area contributed by atoms with Crippen LogP contribution >= 0.6 is 0 Å². The number of sulfone groups is 1. The highest BCUT2D eigenvalue weighted by Crippen LogP contribution is 2.23. The molecule has 0 aliphatic carbocycles. The van der Waals surface area contributed by atoms with Gasteiger partial charge in [0.15, 0.2) is 15.4 Å². The van der Waals surface area contributed by atoms with Crippen LogP contribution in [0.5, 0.6) is 0 Å². The number of nitrogens with zero attached hydrogens (tertiary/aromatic N) is 1. The first kappa shape index (κ1) is 21.2. The van der Waals surface area contributed by atoms with E-state index in [-0.39, 0.29) is 23.8 Å². The van der Waals surface area contributed by atoms with Crippen LogP contribution in [0.4, 0.5) is 0 Å². The summed E-state index contributed by atoms with van der Waals surface area (Å²) in [7, 11) is -3.55. The van der Waals surface area contributed by atoms with Gasteiger partial charge in [-0.2, -0.15) is 0 Å². The van der Waals surface area contributed by atoms with E-state index in [1.165, 1.54) is 0 Å². The molecule has 0 radical (unpaired) electrons. The Labute approximate surface area is 180 Å². The van der Waals surface area contributed by atoms with Crippen LogP contribution in [-0.4, -0.2) is 49.0 Å². The molecule has 1 aromatic heterocycles. The topological polar surface area (TPSA) is 118 Å². The van der Waals surface area contributed by atoms with Crippen molar-refractivity contribution < 1.29 is 22.4 Å². The van der Waals surface area contributed by atoms with E-state index < -0.39 is 38.9 Å². The van der Waals surface area contributed by atoms with Crippen LogP contribution in [0.15, 0.2) is 63.9 Å². The Morgan fingerprint density at radius 1 is 1.16 bits per heavy atom. The number of oxazole rings is 1. The maximum atomic E-state index is 12.8. The molecule has 31 heavy (non-hydrogen) atoms. The Morgan fingerprint density at radius 3 is 2.58 bits per heavy atom. The molecule has 8 nitrogen and oxygen atoms in total. The molecule has 162 valence electrons. The zero-order valence-corrected chi connectivity index (χ0v) is 17.8. The van der Waals surface area contributed by atoms with Gasteiger partial charge in [-0.25, -0.2) is 13.4 Å². The summed E-state index contributed by atoms with van der Waals surface area (Å²) in [5.74, 6) is -0.891. The van der Waals surface area contributed by atoms with Crippen molar-refractivity contribution in [2.45, 2.75) is 42.0 Å². The summed E-state index contributed by atoms with van der Waals surface area (Å²) in [5, 5.41) is 4.98. The molecule has 1 saturated heterocycles. The van der Waals surface area contributed by atoms with Gasteiger partial charge in [0.25, 0.3) is 5.89 Å². The Bertz CT molecular complexity index is 1170. The van der Waals surface area contributed by atoms with Crippen molar-refractivity contribution in [3.63, 3.8) is 0 Å². The molecule has 4 rings (SSSR count). The Morgan fingerprint density at radius 2 is 1.87 bits per heavy atom. The third kappa shape index (κ3) is 4.24. The molecule has 2 aromatic carbocycles. The molecule has 1 amide bonds. The lowest BCUT2D eigenvalue weighted by molar-refractivity contribution is -0.123. The number of nitrogens with one attached hydrogen (secondary N) is 2. The lowest BCUT2D eigenvalue weighted by Gasteiger charge is -2.17. The Hall–Kier alpha value is -3.04. The second-order valence-electron chi connectivity index (χ2n) is 7.50. The molecule has 1 fully saturated rings. The predicted octanol–water partition coefficient (Wildman–Crippen LogP) is 2.11. The van der Waals surface area contributed by atoms with Crippen molar-refractivity contribution in [1.29, 1.82) is 0 Å². The summed E-state index contributed by atoms with van der Waals surface area (Å²) >= 11 is 0. The quantitative estimate of drug-likeness (QED) is 0.539. The van der Waals surface area contributed by atoms with Crippen molar-refractivity contribution in [2.24, 2.45) is 0 Å². The van der Waals surface area contributed by atoms with Crippen LogP contribution in [0.2, 0.25) is 0 Å². The van der Waals surface area contributed by atoms with Gasteiger partial charge in [-0.05, 0) is 37.1 Å². The summed E-state index contributed by atoms with van der Waals surface area (Å²) < 4.78 is 31.1. The van der Waals surface area contributed by atoms with E-state index in [1.54, 1.807) is 61.5 Å². The average Bonchev–Trinajstić information content (AvgIpc) is 3.45. The highest BCUT2D eigenvalue weighted by Gasteiger charge is 2.39. The number of rotatable bonds is 7. The molecular formula is C22H23N3O5S. The predicted molar refractivity (Wildman–Crippen MR) is 114 cm³/mol. The highest BCUT2D eigenvalue weighted by atomic mass is 32.2. The second-order valence-corrected chi connectivity index (χ2v) is 9.73. The summed E-state index contributed by atoms with van der Waals surface area (Å²) in [4.78, 5) is 30.0. The average molecular weight is 442 g/mol. The standard InChI is InChI=1S/C22H23N3O5S/c1-2-16(20(26)22-25-17-10-6-7-11-19(17)30-22)24-21(27)18-12-15(13-23-18)31(28,29)14-8-4-3-5-9-14/h3-11,15-16,18,23H,2,12-13H2,1H3,(H,24,27)/t15-,16?,18+/m1/s1. The number of carbonyl (C=O) groups is 2. The third-order valence-corrected chi connectivity index (χ3v) is 7.63. The second kappa shape index (κ2) is 8.60. The number of hydrogen-bond acceptors (Lipinski definition) is 7. The fourth-order valence-corrected chi connectivity index (χ4v) is 5.38. The van der Waals surface area contributed by atoms with E-state index in [0.717, 1.165) is 0 Å². The van der Waals surface area contributed by atoms with Crippen LogP contribution in [0, 0.1) is 0 Å². The van der Waals surface area contributed by atoms with Gasteiger partial charge >= 0.3 is 0 Å². The smallest absolute Gasteiger partial charge is 0.266 e. The van der Waals surface area contributed by atoms with Crippen LogP contribution in [0.3, 0.4) is 0 Å². The van der Waals surface area contributed by atoms with Crippen LogP contribution in [0.1, 0.15) is 30.5 Å². The fourth-order valence-electron chi connectivity index (χ4n) is 3.69. The molecule has 1 aliphatic heterocycles. The van der Waals surface area contributed by atoms with E-state index in [1.807, 2.05) is 0 Å². The summed E-state index contributed by atoms with van der Waals surface area (Å²) in [6.45, 7) is 1.95. The summed E-state index contributed by atoms with van der Waals surface area (Å²) in [6.07, 6.45) is 0.484. The summed E-state index contributed by atoms with van der Waals surface area (Å²) in [6, 6.07) is 13.7. The first-order chi connectivity index (χ1) is 14.9. The van der Waals surface area contributed by atoms with Gasteiger partial charge < -0.3 is 15.1 Å². The fraction of sp³-hybridized carbons (Fsp3) is 0.318. The zero-order chi connectivity index (χ0) is 22.0. The molecule has 9 heteroatoms. The van der Waals surface area contributed by atoms with Gasteiger partial charge in [0.2, 0.25) is 11.7 Å². The molecule has 2 N–H and O–H groups in total. The van der Waals surface area contributed by atoms with Gasteiger partial charge in [0.05, 0.1) is 22.2 Å². The maximum absolute atomic E-state index is 12.8. The molecule has 0 saturated carbocycles. The van der Waals surface area contributed by atoms with Crippen LogP contribution in [0.25, 0.3) is 11.1 Å². The van der Waals surface area contributed by atoms with Crippen molar-refractivity contribution >= 4 is 32.6 Å². The lowest BCUT2D eigenvalue weighted by Crippen LogP contribution is -2.48.